The van der Waals surface area contributed by atoms with Crippen LogP contribution < -0.4 is 4.74 Å². The number of aliphatic carboxylic acids is 1. The fourth-order valence-electron chi connectivity index (χ4n) is 4.62. The summed E-state index contributed by atoms with van der Waals surface area (Å²) in [6.45, 7) is 2.41. The molecule has 3 aromatic rings. The fraction of sp³-hybridized carbons (Fsp3) is 0.379. The smallest absolute Gasteiger partial charge is 0.307 e. The van der Waals surface area contributed by atoms with E-state index in [1.165, 1.54) is 11.3 Å². The molecule has 36 heavy (non-hydrogen) atoms. The van der Waals surface area contributed by atoms with E-state index in [0.29, 0.717) is 24.3 Å². The molecule has 1 fully saturated rings. The summed E-state index contributed by atoms with van der Waals surface area (Å²) in [6.07, 6.45) is 5.19. The van der Waals surface area contributed by atoms with E-state index >= 15 is 0 Å². The van der Waals surface area contributed by atoms with Crippen molar-refractivity contribution in [2.45, 2.75) is 58.3 Å². The normalized spacial score (nSPS) is 13.6. The number of hydrogen-bond donors (Lipinski definition) is 1. The minimum atomic E-state index is -0.863. The highest BCUT2D eigenvalue weighted by Gasteiger charge is 2.26. The third kappa shape index (κ3) is 7.10. The highest BCUT2D eigenvalue weighted by atomic mass is 32.1. The maximum absolute atomic E-state index is 13.1. The molecule has 6 nitrogen and oxygen atoms in total. The van der Waals surface area contributed by atoms with Crippen molar-refractivity contribution < 1.29 is 24.2 Å². The molecule has 0 saturated heterocycles. The van der Waals surface area contributed by atoms with Gasteiger partial charge in [-0.3, -0.25) is 14.4 Å². The first-order chi connectivity index (χ1) is 17.4. The number of aromatic nitrogens is 1. The summed E-state index contributed by atoms with van der Waals surface area (Å²) in [5, 5.41) is 11.6. The molecule has 4 rings (SSSR count). The summed E-state index contributed by atoms with van der Waals surface area (Å²) >= 11 is 1.47. The maximum Gasteiger partial charge on any atom is 0.307 e. The number of rotatable bonds is 12. The molecule has 2 aromatic carbocycles. The van der Waals surface area contributed by atoms with Crippen molar-refractivity contribution in [3.63, 3.8) is 0 Å². The topological polar surface area (TPSA) is 93.6 Å². The van der Waals surface area contributed by atoms with Gasteiger partial charge >= 0.3 is 5.97 Å². The fourth-order valence-corrected chi connectivity index (χ4v) is 5.48. The maximum atomic E-state index is 13.1. The van der Waals surface area contributed by atoms with Gasteiger partial charge in [0.1, 0.15) is 16.5 Å². The SMILES string of the molecule is Cc1ccc(CC(=O)Cc2nc(CCOc3ccc(CC(=O)O)cc3)cs2)c(C(=O)C2CCCC2)c1. The van der Waals surface area contributed by atoms with Crippen molar-refractivity contribution >= 4 is 28.9 Å². The van der Waals surface area contributed by atoms with E-state index in [2.05, 4.69) is 4.98 Å². The van der Waals surface area contributed by atoms with Crippen LogP contribution in [0.15, 0.2) is 47.8 Å². The molecule has 0 unspecified atom stereocenters. The lowest BCUT2D eigenvalue weighted by atomic mass is 9.90. The average Bonchev–Trinajstić information content (AvgIpc) is 3.53. The van der Waals surface area contributed by atoms with E-state index in [1.54, 1.807) is 24.3 Å². The molecule has 0 aliphatic heterocycles. The van der Waals surface area contributed by atoms with Gasteiger partial charge in [0.25, 0.3) is 0 Å². The van der Waals surface area contributed by atoms with Crippen molar-refractivity contribution in [3.05, 3.63) is 80.8 Å². The Morgan fingerprint density at radius 3 is 2.50 bits per heavy atom. The van der Waals surface area contributed by atoms with E-state index in [1.807, 2.05) is 30.5 Å². The van der Waals surface area contributed by atoms with Crippen LogP contribution >= 0.6 is 11.3 Å². The molecule has 1 saturated carbocycles. The average molecular weight is 506 g/mol. The van der Waals surface area contributed by atoms with Gasteiger partial charge in [0.15, 0.2) is 5.78 Å². The zero-order chi connectivity index (χ0) is 25.5. The summed E-state index contributed by atoms with van der Waals surface area (Å²) < 4.78 is 5.74. The number of hydrogen-bond acceptors (Lipinski definition) is 6. The lowest BCUT2D eigenvalue weighted by molar-refractivity contribution is -0.136. The lowest BCUT2D eigenvalue weighted by Crippen LogP contribution is -2.16. The minimum Gasteiger partial charge on any atom is -0.493 e. The van der Waals surface area contributed by atoms with Crippen LogP contribution in [0.3, 0.4) is 0 Å². The van der Waals surface area contributed by atoms with Crippen molar-refractivity contribution in [2.75, 3.05) is 6.61 Å². The van der Waals surface area contributed by atoms with Gasteiger partial charge in [0.05, 0.1) is 25.1 Å². The number of aryl methyl sites for hydroxylation is 1. The molecule has 0 radical (unpaired) electrons. The Bertz CT molecular complexity index is 1220. The number of benzene rings is 2. The highest BCUT2D eigenvalue weighted by Crippen LogP contribution is 2.30. The first-order valence-electron chi connectivity index (χ1n) is 12.4. The van der Waals surface area contributed by atoms with Crippen LogP contribution in [0, 0.1) is 12.8 Å². The molecule has 1 N–H and O–H groups in total. The predicted molar refractivity (Wildman–Crippen MR) is 139 cm³/mol. The number of carbonyl (C=O) groups is 3. The van der Waals surface area contributed by atoms with E-state index < -0.39 is 5.97 Å². The monoisotopic (exact) mass is 505 g/mol. The third-order valence-corrected chi connectivity index (χ3v) is 7.40. The molecule has 188 valence electrons. The zero-order valence-electron chi connectivity index (χ0n) is 20.5. The van der Waals surface area contributed by atoms with Crippen molar-refractivity contribution in [1.82, 2.24) is 4.98 Å². The molecule has 1 aliphatic rings. The second-order valence-electron chi connectivity index (χ2n) is 9.44. The molecule has 1 aromatic heterocycles. The van der Waals surface area contributed by atoms with Crippen LogP contribution in [0.5, 0.6) is 5.75 Å². The van der Waals surface area contributed by atoms with E-state index in [0.717, 1.165) is 53.1 Å². The molecule has 0 bridgehead atoms. The summed E-state index contributed by atoms with van der Waals surface area (Å²) in [5.41, 5.74) is 4.17. The molecule has 1 heterocycles. The van der Waals surface area contributed by atoms with Crippen LogP contribution in [0.2, 0.25) is 0 Å². The van der Waals surface area contributed by atoms with Crippen LogP contribution in [0.25, 0.3) is 0 Å². The minimum absolute atomic E-state index is 0.0113. The van der Waals surface area contributed by atoms with E-state index in [-0.39, 0.29) is 36.7 Å². The number of carbonyl (C=O) groups excluding carboxylic acids is 2. The van der Waals surface area contributed by atoms with Gasteiger partial charge in [-0.25, -0.2) is 4.98 Å². The first-order valence-corrected chi connectivity index (χ1v) is 13.3. The van der Waals surface area contributed by atoms with Crippen LogP contribution in [-0.2, 0) is 35.3 Å². The first kappa shape index (κ1) is 25.8. The summed E-state index contributed by atoms with van der Waals surface area (Å²) in [4.78, 5) is 41.3. The van der Waals surface area contributed by atoms with Gasteiger partial charge < -0.3 is 9.84 Å². The number of Topliss-reactive ketones (excluding diaryl/α,β-unsaturated/α-hetero) is 2. The predicted octanol–water partition coefficient (Wildman–Crippen LogP) is 5.43. The zero-order valence-corrected chi connectivity index (χ0v) is 21.3. The number of carboxylic acids is 1. The Balaban J connectivity index is 1.29. The Morgan fingerprint density at radius 1 is 1.03 bits per heavy atom. The second kappa shape index (κ2) is 12.1. The quantitative estimate of drug-likeness (QED) is 0.330. The lowest BCUT2D eigenvalue weighted by Gasteiger charge is -2.13. The molecular weight excluding hydrogens is 474 g/mol. The van der Waals surface area contributed by atoms with Gasteiger partial charge in [-0.05, 0) is 49.1 Å². The molecule has 0 amide bonds. The Hall–Kier alpha value is -3.32. The van der Waals surface area contributed by atoms with Crippen molar-refractivity contribution in [1.29, 1.82) is 0 Å². The van der Waals surface area contributed by atoms with Gasteiger partial charge in [-0.1, -0.05) is 42.7 Å². The van der Waals surface area contributed by atoms with Crippen LogP contribution in [0.1, 0.15) is 63.4 Å². The molecule has 7 heteroatoms. The van der Waals surface area contributed by atoms with Gasteiger partial charge in [-0.15, -0.1) is 11.3 Å². The Kier molecular flexibility index (Phi) is 8.65. The summed E-state index contributed by atoms with van der Waals surface area (Å²) in [7, 11) is 0. The summed E-state index contributed by atoms with van der Waals surface area (Å²) in [5.74, 6) is 0.145. The van der Waals surface area contributed by atoms with Gasteiger partial charge in [0.2, 0.25) is 0 Å². The largest absolute Gasteiger partial charge is 0.493 e. The number of ether oxygens (including phenoxy) is 1. The highest BCUT2D eigenvalue weighted by molar-refractivity contribution is 7.09. The van der Waals surface area contributed by atoms with E-state index in [4.69, 9.17) is 9.84 Å². The van der Waals surface area contributed by atoms with Crippen LogP contribution in [0.4, 0.5) is 0 Å². The third-order valence-electron chi connectivity index (χ3n) is 6.50. The molecule has 0 atom stereocenters. The number of thiazole rings is 1. The number of nitrogens with zero attached hydrogens (tertiary/aromatic N) is 1. The van der Waals surface area contributed by atoms with E-state index in [9.17, 15) is 14.4 Å². The van der Waals surface area contributed by atoms with Crippen molar-refractivity contribution in [2.24, 2.45) is 5.92 Å². The summed E-state index contributed by atoms with van der Waals surface area (Å²) in [6, 6.07) is 12.8. The Morgan fingerprint density at radius 2 is 1.78 bits per heavy atom. The molecule has 0 spiro atoms. The second-order valence-corrected chi connectivity index (χ2v) is 10.4. The molecular formula is C29H31NO5S. The van der Waals surface area contributed by atoms with Crippen LogP contribution in [-0.4, -0.2) is 34.2 Å². The standard InChI is InChI=1S/C29H31NO5S/c1-19-6-9-22(26(14-19)29(34)21-4-2-3-5-21)16-24(31)17-27-30-23(18-36-27)12-13-35-25-10-7-20(8-11-25)15-28(32)33/h6-11,14,18,21H,2-5,12-13,15-17H2,1H3,(H,32,33). The number of ketones is 2. The van der Waals surface area contributed by atoms with Gasteiger partial charge in [0, 0.05) is 29.7 Å². The van der Waals surface area contributed by atoms with Crippen molar-refractivity contribution in [3.8, 4) is 5.75 Å². The van der Waals surface area contributed by atoms with Gasteiger partial charge in [-0.2, -0.15) is 0 Å². The number of carboxylic acid groups (broad SMARTS) is 1. The Labute approximate surface area is 215 Å². The molecule has 1 aliphatic carbocycles.